The molecule has 1 amide bonds. The smallest absolute Gasteiger partial charge is 0.223 e. The largest absolute Gasteiger partial charge is 0.356 e. The molecule has 0 atom stereocenters. The minimum Gasteiger partial charge on any atom is -0.356 e. The molecule has 2 rings (SSSR count). The van der Waals surface area contributed by atoms with E-state index in [-0.39, 0.29) is 17.6 Å². The number of hydrogen-bond acceptors (Lipinski definition) is 4. The third-order valence-electron chi connectivity index (χ3n) is 5.71. The molecule has 7 heteroatoms. The van der Waals surface area contributed by atoms with Crippen LogP contribution in [0.3, 0.4) is 0 Å². The van der Waals surface area contributed by atoms with Crippen LogP contribution in [0, 0.1) is 5.92 Å². The second-order valence-corrected chi connectivity index (χ2v) is 10.3. The second-order valence-electron chi connectivity index (χ2n) is 8.25. The van der Waals surface area contributed by atoms with Gasteiger partial charge in [0.1, 0.15) is 0 Å². The Morgan fingerprint density at radius 1 is 1.07 bits per heavy atom. The topological polar surface area (TPSA) is 69.7 Å². The zero-order valence-electron chi connectivity index (χ0n) is 18.7. The maximum Gasteiger partial charge on any atom is 0.223 e. The van der Waals surface area contributed by atoms with Gasteiger partial charge in [-0.2, -0.15) is 0 Å². The predicted octanol–water partition coefficient (Wildman–Crippen LogP) is 3.25. The lowest BCUT2D eigenvalue weighted by Crippen LogP contribution is -2.44. The Morgan fingerprint density at radius 3 is 2.37 bits per heavy atom. The van der Waals surface area contributed by atoms with E-state index in [9.17, 15) is 13.2 Å². The number of hydrogen-bond donors (Lipinski definition) is 1. The van der Waals surface area contributed by atoms with Crippen LogP contribution < -0.4 is 5.32 Å². The Bertz CT molecular complexity index is 716. The van der Waals surface area contributed by atoms with Gasteiger partial charge in [0.25, 0.3) is 0 Å². The third kappa shape index (κ3) is 8.36. The fourth-order valence-electron chi connectivity index (χ4n) is 3.94. The summed E-state index contributed by atoms with van der Waals surface area (Å²) in [5, 5.41) is 3.07. The highest BCUT2D eigenvalue weighted by atomic mass is 32.2. The average Bonchev–Trinajstić information content (AvgIpc) is 2.75. The zero-order chi connectivity index (χ0) is 21.8. The van der Waals surface area contributed by atoms with Gasteiger partial charge in [0.2, 0.25) is 15.9 Å². The highest BCUT2D eigenvalue weighted by Crippen LogP contribution is 2.20. The highest BCUT2D eigenvalue weighted by molar-refractivity contribution is 7.89. The molecule has 0 bridgehead atoms. The van der Waals surface area contributed by atoms with Crippen LogP contribution in [-0.4, -0.2) is 62.0 Å². The number of unbranched alkanes of at least 4 members (excludes halogenated alkanes) is 1. The maximum absolute atomic E-state index is 12.5. The van der Waals surface area contributed by atoms with Crippen molar-refractivity contribution in [3.8, 4) is 0 Å². The summed E-state index contributed by atoms with van der Waals surface area (Å²) in [6, 6.07) is 10.5. The minimum atomic E-state index is -3.15. The lowest BCUT2D eigenvalue weighted by atomic mass is 9.97. The molecule has 1 saturated heterocycles. The van der Waals surface area contributed by atoms with Crippen LogP contribution in [0.1, 0.15) is 57.9 Å². The Kier molecular flexibility index (Phi) is 10.8. The fraction of sp³-hybridized carbons (Fsp3) is 0.696. The first-order chi connectivity index (χ1) is 14.5. The molecule has 0 aliphatic carbocycles. The Balaban J connectivity index is 1.70. The molecule has 6 nitrogen and oxygen atoms in total. The summed E-state index contributed by atoms with van der Waals surface area (Å²) in [7, 11) is -3.15. The summed E-state index contributed by atoms with van der Waals surface area (Å²) >= 11 is 0. The number of rotatable bonds is 13. The van der Waals surface area contributed by atoms with Gasteiger partial charge < -0.3 is 5.32 Å². The van der Waals surface area contributed by atoms with Gasteiger partial charge in [-0.25, -0.2) is 12.7 Å². The van der Waals surface area contributed by atoms with Crippen LogP contribution in [-0.2, 0) is 21.4 Å². The van der Waals surface area contributed by atoms with E-state index in [1.54, 1.807) is 4.31 Å². The number of nitrogens with zero attached hydrogens (tertiary/aromatic N) is 2. The molecule has 0 aromatic heterocycles. The quantitative estimate of drug-likeness (QED) is 0.481. The molecule has 170 valence electrons. The lowest BCUT2D eigenvalue weighted by Gasteiger charge is -2.30. The van der Waals surface area contributed by atoms with Crippen molar-refractivity contribution in [3.05, 3.63) is 35.9 Å². The van der Waals surface area contributed by atoms with Crippen molar-refractivity contribution in [2.24, 2.45) is 5.92 Å². The van der Waals surface area contributed by atoms with Gasteiger partial charge in [0.15, 0.2) is 0 Å². The summed E-state index contributed by atoms with van der Waals surface area (Å²) in [5.74, 6) is 0.200. The van der Waals surface area contributed by atoms with Crippen molar-refractivity contribution in [2.45, 2.75) is 58.9 Å². The van der Waals surface area contributed by atoms with Gasteiger partial charge in [0, 0.05) is 38.6 Å². The van der Waals surface area contributed by atoms with E-state index >= 15 is 0 Å². The lowest BCUT2D eigenvalue weighted by molar-refractivity contribution is -0.126. The molecule has 1 N–H and O–H groups in total. The number of benzene rings is 1. The molecule has 1 fully saturated rings. The molecular weight excluding hydrogens is 398 g/mol. The normalized spacial score (nSPS) is 16.1. The van der Waals surface area contributed by atoms with Crippen molar-refractivity contribution >= 4 is 15.9 Å². The van der Waals surface area contributed by atoms with E-state index in [0.29, 0.717) is 38.9 Å². The molecule has 1 aromatic carbocycles. The SMILES string of the molecule is CCCCN(CCCNC(=O)C1CCN(S(=O)(=O)CCC)CC1)Cc1ccccc1. The van der Waals surface area contributed by atoms with Crippen molar-refractivity contribution < 1.29 is 13.2 Å². The van der Waals surface area contributed by atoms with Crippen LogP contribution in [0.4, 0.5) is 0 Å². The van der Waals surface area contributed by atoms with Crippen molar-refractivity contribution in [1.29, 1.82) is 0 Å². The van der Waals surface area contributed by atoms with E-state index in [1.807, 2.05) is 13.0 Å². The Labute approximate surface area is 183 Å². The average molecular weight is 438 g/mol. The van der Waals surface area contributed by atoms with Gasteiger partial charge in [-0.3, -0.25) is 9.69 Å². The number of nitrogens with one attached hydrogen (secondary N) is 1. The van der Waals surface area contributed by atoms with E-state index < -0.39 is 10.0 Å². The third-order valence-corrected chi connectivity index (χ3v) is 7.78. The van der Waals surface area contributed by atoms with Crippen LogP contribution in [0.5, 0.6) is 0 Å². The van der Waals surface area contributed by atoms with Crippen molar-refractivity contribution in [3.63, 3.8) is 0 Å². The molecule has 1 aromatic rings. The molecule has 1 aliphatic heterocycles. The first-order valence-corrected chi connectivity index (χ1v) is 13.1. The second kappa shape index (κ2) is 13.1. The zero-order valence-corrected chi connectivity index (χ0v) is 19.5. The van der Waals surface area contributed by atoms with Gasteiger partial charge in [0.05, 0.1) is 5.75 Å². The molecule has 0 unspecified atom stereocenters. The van der Waals surface area contributed by atoms with Gasteiger partial charge >= 0.3 is 0 Å². The van der Waals surface area contributed by atoms with Crippen molar-refractivity contribution in [2.75, 3.05) is 38.5 Å². The number of sulfonamides is 1. The summed E-state index contributed by atoms with van der Waals surface area (Å²) < 4.78 is 25.9. The van der Waals surface area contributed by atoms with E-state index in [4.69, 9.17) is 0 Å². The molecule has 0 saturated carbocycles. The summed E-state index contributed by atoms with van der Waals surface area (Å²) in [5.41, 5.74) is 1.32. The van der Waals surface area contributed by atoms with Gasteiger partial charge in [-0.15, -0.1) is 0 Å². The minimum absolute atomic E-state index is 0.0708. The van der Waals surface area contributed by atoms with Crippen LogP contribution in [0.2, 0.25) is 0 Å². The van der Waals surface area contributed by atoms with E-state index in [1.165, 1.54) is 18.4 Å². The van der Waals surface area contributed by atoms with Crippen LogP contribution >= 0.6 is 0 Å². The van der Waals surface area contributed by atoms with Gasteiger partial charge in [-0.1, -0.05) is 50.6 Å². The highest BCUT2D eigenvalue weighted by Gasteiger charge is 2.30. The van der Waals surface area contributed by atoms with E-state index in [2.05, 4.69) is 41.4 Å². The first-order valence-electron chi connectivity index (χ1n) is 11.5. The first kappa shape index (κ1) is 24.8. The molecule has 1 aliphatic rings. The van der Waals surface area contributed by atoms with E-state index in [0.717, 1.165) is 26.1 Å². The van der Waals surface area contributed by atoms with Crippen LogP contribution in [0.15, 0.2) is 30.3 Å². The predicted molar refractivity (Wildman–Crippen MR) is 123 cm³/mol. The number of piperidine rings is 1. The van der Waals surface area contributed by atoms with Crippen molar-refractivity contribution in [1.82, 2.24) is 14.5 Å². The molecule has 30 heavy (non-hydrogen) atoms. The molecule has 0 spiro atoms. The molecular formula is C23H39N3O3S. The molecule has 0 radical (unpaired) electrons. The Morgan fingerprint density at radius 2 is 1.73 bits per heavy atom. The van der Waals surface area contributed by atoms with Gasteiger partial charge in [-0.05, 0) is 44.2 Å². The maximum atomic E-state index is 12.5. The monoisotopic (exact) mass is 437 g/mol. The summed E-state index contributed by atoms with van der Waals surface area (Å²) in [6.07, 6.45) is 5.14. The van der Waals surface area contributed by atoms with Crippen LogP contribution in [0.25, 0.3) is 0 Å². The summed E-state index contributed by atoms with van der Waals surface area (Å²) in [4.78, 5) is 15.0. The molecule has 1 heterocycles. The standard InChI is InChI=1S/C23H39N3O3S/c1-3-5-15-25(20-21-10-7-6-8-11-21)16-9-14-24-23(27)22-12-17-26(18-13-22)30(28,29)19-4-2/h6-8,10-11,22H,3-5,9,12-20H2,1-2H3,(H,24,27). The summed E-state index contributed by atoms with van der Waals surface area (Å²) in [6.45, 7) is 8.66. The Hall–Kier alpha value is -1.44. The fourth-order valence-corrected chi connectivity index (χ4v) is 5.48. The number of amides is 1. The number of carbonyl (C=O) groups excluding carboxylic acids is 1. The number of carbonyl (C=O) groups is 1.